The van der Waals surface area contributed by atoms with E-state index in [0.717, 1.165) is 56.5 Å². The maximum absolute atomic E-state index is 9.78. The van der Waals surface area contributed by atoms with Crippen molar-refractivity contribution in [2.75, 3.05) is 0 Å². The molecule has 0 amide bonds. The van der Waals surface area contributed by atoms with Crippen LogP contribution in [-0.2, 0) is 12.2 Å². The summed E-state index contributed by atoms with van der Waals surface area (Å²) < 4.78 is 2.11. The first-order chi connectivity index (χ1) is 13.2. The number of benzene rings is 2. The van der Waals surface area contributed by atoms with Crippen molar-refractivity contribution in [1.82, 2.24) is 9.38 Å². The van der Waals surface area contributed by atoms with E-state index in [1.807, 2.05) is 36.4 Å². The Labute approximate surface area is 167 Å². The van der Waals surface area contributed by atoms with E-state index in [-0.39, 0.29) is 0 Å². The predicted molar refractivity (Wildman–Crippen MR) is 112 cm³/mol. The molecule has 2 heterocycles. The van der Waals surface area contributed by atoms with Crippen LogP contribution in [0.4, 0.5) is 0 Å². The van der Waals surface area contributed by atoms with Crippen molar-refractivity contribution in [2.45, 2.75) is 30.5 Å². The second kappa shape index (κ2) is 7.64. The summed E-state index contributed by atoms with van der Waals surface area (Å²) in [6.07, 6.45) is 1.85. The lowest BCUT2D eigenvalue weighted by molar-refractivity contribution is 0.899. The number of nitrogens with zero attached hydrogens (tertiary/aromatic N) is 3. The van der Waals surface area contributed by atoms with Crippen LogP contribution in [0.5, 0.6) is 0 Å². The van der Waals surface area contributed by atoms with E-state index >= 15 is 0 Å². The van der Waals surface area contributed by atoms with Gasteiger partial charge in [-0.1, -0.05) is 55.3 Å². The topological polar surface area (TPSA) is 41.1 Å². The maximum atomic E-state index is 9.78. The van der Waals surface area contributed by atoms with Crippen molar-refractivity contribution < 1.29 is 0 Å². The number of hydrogen-bond donors (Lipinski definition) is 0. The average molecular weight is 392 g/mol. The molecule has 0 unspecified atom stereocenters. The molecule has 4 aromatic rings. The highest BCUT2D eigenvalue weighted by Gasteiger charge is 2.17. The van der Waals surface area contributed by atoms with Gasteiger partial charge in [-0.25, -0.2) is 4.98 Å². The number of halogens is 1. The van der Waals surface area contributed by atoms with E-state index in [4.69, 9.17) is 16.6 Å². The molecule has 0 aliphatic heterocycles. The fourth-order valence-corrected chi connectivity index (χ4v) is 4.68. The number of rotatable bonds is 5. The first-order valence-corrected chi connectivity index (χ1v) is 10.3. The third-order valence-corrected chi connectivity index (χ3v) is 6.01. The Kier molecular flexibility index (Phi) is 5.07. The van der Waals surface area contributed by atoms with Gasteiger partial charge in [-0.2, -0.15) is 5.26 Å². The van der Waals surface area contributed by atoms with E-state index < -0.39 is 0 Å². The van der Waals surface area contributed by atoms with Crippen LogP contribution in [0, 0.1) is 11.3 Å². The zero-order chi connectivity index (χ0) is 18.8. The van der Waals surface area contributed by atoms with Gasteiger partial charge in [-0.05, 0) is 41.8 Å². The summed E-state index contributed by atoms with van der Waals surface area (Å²) >= 11 is 8.06. The molecule has 4 rings (SSSR count). The second-order valence-electron chi connectivity index (χ2n) is 6.38. The second-order valence-corrected chi connectivity index (χ2v) is 7.79. The number of pyridine rings is 1. The molecule has 0 fully saturated rings. The molecule has 134 valence electrons. The van der Waals surface area contributed by atoms with E-state index in [1.54, 1.807) is 11.8 Å². The third-order valence-electron chi connectivity index (χ3n) is 4.59. The number of nitriles is 1. The zero-order valence-corrected chi connectivity index (χ0v) is 16.5. The monoisotopic (exact) mass is 391 g/mol. The molecular weight excluding hydrogens is 374 g/mol. The van der Waals surface area contributed by atoms with Crippen molar-refractivity contribution >= 4 is 40.0 Å². The molecule has 0 spiro atoms. The fraction of sp³-hybridized carbons (Fsp3) is 0.182. The summed E-state index contributed by atoms with van der Waals surface area (Å²) in [7, 11) is 0. The van der Waals surface area contributed by atoms with E-state index in [0.29, 0.717) is 5.56 Å². The lowest BCUT2D eigenvalue weighted by Crippen LogP contribution is -2.00. The number of imidazole rings is 1. The van der Waals surface area contributed by atoms with Crippen molar-refractivity contribution in [3.05, 3.63) is 76.3 Å². The van der Waals surface area contributed by atoms with Crippen LogP contribution in [0.3, 0.4) is 0 Å². The molecule has 0 bridgehead atoms. The van der Waals surface area contributed by atoms with Crippen molar-refractivity contribution in [3.63, 3.8) is 0 Å². The molecular formula is C22H18ClN3S. The number of aryl methyl sites for hydroxylation is 1. The molecule has 0 aliphatic carbocycles. The van der Waals surface area contributed by atoms with E-state index in [9.17, 15) is 5.26 Å². The molecule has 3 nitrogen and oxygen atoms in total. The standard InChI is InChI=1S/C22H18ClN3S/c1-2-7-15-12-21(27-14-16-8-3-4-9-18(16)23)26-20-11-6-5-10-19(20)25-22(26)17(15)13-24/h3-6,8-12H,2,7,14H2,1H3. The summed E-state index contributed by atoms with van der Waals surface area (Å²) in [4.78, 5) is 4.76. The summed E-state index contributed by atoms with van der Waals surface area (Å²) in [5.41, 5.74) is 5.50. The number of aromatic nitrogens is 2. The van der Waals surface area contributed by atoms with Crippen LogP contribution in [-0.4, -0.2) is 9.38 Å². The summed E-state index contributed by atoms with van der Waals surface area (Å²) in [6.45, 7) is 2.13. The molecule has 2 aromatic heterocycles. The Morgan fingerprint density at radius 2 is 1.89 bits per heavy atom. The maximum Gasteiger partial charge on any atom is 0.157 e. The normalized spacial score (nSPS) is 11.1. The van der Waals surface area contributed by atoms with Gasteiger partial charge >= 0.3 is 0 Å². The molecule has 0 radical (unpaired) electrons. The minimum atomic E-state index is 0.676. The number of thioether (sulfide) groups is 1. The Morgan fingerprint density at radius 1 is 1.11 bits per heavy atom. The van der Waals surface area contributed by atoms with Gasteiger partial charge in [-0.3, -0.25) is 4.40 Å². The van der Waals surface area contributed by atoms with E-state index in [1.165, 1.54) is 0 Å². The largest absolute Gasteiger partial charge is 0.286 e. The average Bonchev–Trinajstić information content (AvgIpc) is 3.07. The molecule has 0 atom stereocenters. The van der Waals surface area contributed by atoms with E-state index in [2.05, 4.69) is 35.6 Å². The first-order valence-electron chi connectivity index (χ1n) is 8.92. The Balaban J connectivity index is 1.90. The molecule has 0 aliphatic rings. The first kappa shape index (κ1) is 17.9. The molecule has 0 saturated heterocycles. The Hall–Kier alpha value is -2.48. The minimum absolute atomic E-state index is 0.676. The highest BCUT2D eigenvalue weighted by atomic mass is 35.5. The van der Waals surface area contributed by atoms with Gasteiger partial charge in [0.25, 0.3) is 0 Å². The predicted octanol–water partition coefficient (Wildman–Crippen LogP) is 6.26. The van der Waals surface area contributed by atoms with Crippen LogP contribution in [0.1, 0.15) is 30.0 Å². The Bertz CT molecular complexity index is 1170. The lowest BCUT2D eigenvalue weighted by Gasteiger charge is -2.12. The minimum Gasteiger partial charge on any atom is -0.286 e. The van der Waals surface area contributed by atoms with Gasteiger partial charge in [0.15, 0.2) is 5.65 Å². The highest BCUT2D eigenvalue weighted by molar-refractivity contribution is 7.98. The van der Waals surface area contributed by atoms with Crippen molar-refractivity contribution in [2.24, 2.45) is 0 Å². The van der Waals surface area contributed by atoms with Crippen molar-refractivity contribution in [1.29, 1.82) is 5.26 Å². The third kappa shape index (κ3) is 3.29. The zero-order valence-electron chi connectivity index (χ0n) is 14.9. The number of para-hydroxylation sites is 2. The molecule has 5 heteroatoms. The van der Waals surface area contributed by atoms with Crippen LogP contribution < -0.4 is 0 Å². The van der Waals surface area contributed by atoms with Gasteiger partial charge in [0.2, 0.25) is 0 Å². The molecule has 0 saturated carbocycles. The summed E-state index contributed by atoms with van der Waals surface area (Å²) in [6, 6.07) is 20.5. The number of hydrogen-bond acceptors (Lipinski definition) is 3. The highest BCUT2D eigenvalue weighted by Crippen LogP contribution is 2.33. The Morgan fingerprint density at radius 3 is 2.67 bits per heavy atom. The quantitative estimate of drug-likeness (QED) is 0.377. The molecule has 2 aromatic carbocycles. The van der Waals surface area contributed by atoms with Crippen LogP contribution in [0.15, 0.2) is 59.6 Å². The molecule has 27 heavy (non-hydrogen) atoms. The lowest BCUT2D eigenvalue weighted by atomic mass is 10.1. The van der Waals surface area contributed by atoms with Crippen LogP contribution >= 0.6 is 23.4 Å². The van der Waals surface area contributed by atoms with Gasteiger partial charge in [0.1, 0.15) is 6.07 Å². The SMILES string of the molecule is CCCc1cc(SCc2ccccc2Cl)n2c(nc3ccccc32)c1C#N. The van der Waals surface area contributed by atoms with Crippen LogP contribution in [0.25, 0.3) is 16.7 Å². The van der Waals surface area contributed by atoms with Gasteiger partial charge in [0, 0.05) is 10.8 Å². The smallest absolute Gasteiger partial charge is 0.157 e. The van der Waals surface area contributed by atoms with Crippen molar-refractivity contribution in [3.8, 4) is 6.07 Å². The fourth-order valence-electron chi connectivity index (χ4n) is 3.31. The molecule has 0 N–H and O–H groups in total. The van der Waals surface area contributed by atoms with Gasteiger partial charge in [-0.15, -0.1) is 11.8 Å². The van der Waals surface area contributed by atoms with Crippen LogP contribution in [0.2, 0.25) is 5.02 Å². The van der Waals surface area contributed by atoms with Gasteiger partial charge < -0.3 is 0 Å². The number of fused-ring (bicyclic) bond motifs is 3. The summed E-state index contributed by atoms with van der Waals surface area (Å²) in [5.74, 6) is 0.763. The summed E-state index contributed by atoms with van der Waals surface area (Å²) in [5, 5.41) is 11.6. The van der Waals surface area contributed by atoms with Gasteiger partial charge in [0.05, 0.1) is 21.6 Å².